The van der Waals surface area contributed by atoms with E-state index in [9.17, 15) is 13.2 Å². The molecule has 1 aliphatic rings. The van der Waals surface area contributed by atoms with E-state index in [1.807, 2.05) is 17.5 Å². The number of anilines is 2. The van der Waals surface area contributed by atoms with Gasteiger partial charge in [0.2, 0.25) is 10.0 Å². The maximum Gasteiger partial charge on any atom is 0.257 e. The molecule has 1 aliphatic heterocycles. The molecule has 0 atom stereocenters. The standard InChI is InChI=1S/C18H16N4O3S2/c23-17(21-18-20-16(12-26-18)14-5-2-7-19-11-14)13-4-1-6-15(10-13)22-8-3-9-27(22,24)25/h1-2,4-7,10-12H,3,8-9H2,(H,20,21,23). The maximum atomic E-state index is 12.6. The predicted octanol–water partition coefficient (Wildman–Crippen LogP) is 3.00. The van der Waals surface area contributed by atoms with Crippen molar-refractivity contribution in [3.05, 3.63) is 59.7 Å². The van der Waals surface area contributed by atoms with Gasteiger partial charge in [-0.15, -0.1) is 11.3 Å². The molecule has 1 fully saturated rings. The van der Waals surface area contributed by atoms with Gasteiger partial charge in [0.1, 0.15) is 0 Å². The Labute approximate surface area is 160 Å². The van der Waals surface area contributed by atoms with Gasteiger partial charge in [-0.05, 0) is 36.8 Å². The number of hydrogen-bond acceptors (Lipinski definition) is 6. The van der Waals surface area contributed by atoms with Gasteiger partial charge < -0.3 is 0 Å². The number of amides is 1. The number of hydrogen-bond donors (Lipinski definition) is 1. The number of nitrogens with zero attached hydrogens (tertiary/aromatic N) is 3. The number of rotatable bonds is 4. The van der Waals surface area contributed by atoms with Crippen LogP contribution in [0.5, 0.6) is 0 Å². The minimum Gasteiger partial charge on any atom is -0.298 e. The highest BCUT2D eigenvalue weighted by Crippen LogP contribution is 2.27. The molecular formula is C18H16N4O3S2. The molecule has 7 nitrogen and oxygen atoms in total. The molecule has 0 saturated carbocycles. The van der Waals surface area contributed by atoms with E-state index in [-0.39, 0.29) is 11.7 Å². The third-order valence-corrected chi connectivity index (χ3v) is 6.80. The van der Waals surface area contributed by atoms with E-state index >= 15 is 0 Å². The lowest BCUT2D eigenvalue weighted by atomic mass is 10.2. The van der Waals surface area contributed by atoms with Crippen LogP contribution in [0.4, 0.5) is 10.8 Å². The lowest BCUT2D eigenvalue weighted by molar-refractivity contribution is 0.102. The van der Waals surface area contributed by atoms with Crippen LogP contribution >= 0.6 is 11.3 Å². The Hall–Kier alpha value is -2.78. The van der Waals surface area contributed by atoms with Crippen LogP contribution in [-0.2, 0) is 10.0 Å². The van der Waals surface area contributed by atoms with Crippen molar-refractivity contribution in [1.29, 1.82) is 0 Å². The Morgan fingerprint density at radius 1 is 1.22 bits per heavy atom. The zero-order valence-corrected chi connectivity index (χ0v) is 15.8. The predicted molar refractivity (Wildman–Crippen MR) is 105 cm³/mol. The molecule has 138 valence electrons. The van der Waals surface area contributed by atoms with Gasteiger partial charge in [0.25, 0.3) is 5.91 Å². The molecule has 3 aromatic rings. The number of carbonyl (C=O) groups is 1. The molecule has 0 bridgehead atoms. The maximum absolute atomic E-state index is 12.6. The van der Waals surface area contributed by atoms with Crippen molar-refractivity contribution in [2.45, 2.75) is 6.42 Å². The van der Waals surface area contributed by atoms with Gasteiger partial charge in [-0.25, -0.2) is 13.4 Å². The quantitative estimate of drug-likeness (QED) is 0.727. The van der Waals surface area contributed by atoms with Gasteiger partial charge >= 0.3 is 0 Å². The minimum absolute atomic E-state index is 0.139. The first-order valence-electron chi connectivity index (χ1n) is 8.31. The van der Waals surface area contributed by atoms with Gasteiger partial charge in [0.15, 0.2) is 5.13 Å². The fraction of sp³-hybridized carbons (Fsp3) is 0.167. The first-order chi connectivity index (χ1) is 13.0. The normalized spacial score (nSPS) is 15.6. The summed E-state index contributed by atoms with van der Waals surface area (Å²) in [7, 11) is -3.28. The Morgan fingerprint density at radius 3 is 2.85 bits per heavy atom. The number of thiazole rings is 1. The zero-order valence-electron chi connectivity index (χ0n) is 14.2. The smallest absolute Gasteiger partial charge is 0.257 e. The minimum atomic E-state index is -3.28. The van der Waals surface area contributed by atoms with E-state index in [1.165, 1.54) is 15.6 Å². The van der Waals surface area contributed by atoms with Crippen LogP contribution in [0.1, 0.15) is 16.8 Å². The molecule has 1 amide bonds. The highest BCUT2D eigenvalue weighted by Gasteiger charge is 2.28. The van der Waals surface area contributed by atoms with Crippen molar-refractivity contribution in [3.8, 4) is 11.3 Å². The van der Waals surface area contributed by atoms with Gasteiger partial charge in [0.05, 0.1) is 17.1 Å². The highest BCUT2D eigenvalue weighted by atomic mass is 32.2. The van der Waals surface area contributed by atoms with Gasteiger partial charge in [-0.2, -0.15) is 0 Å². The van der Waals surface area contributed by atoms with E-state index in [1.54, 1.807) is 36.7 Å². The van der Waals surface area contributed by atoms with E-state index in [2.05, 4.69) is 15.3 Å². The molecule has 0 unspecified atom stereocenters. The second-order valence-electron chi connectivity index (χ2n) is 6.03. The van der Waals surface area contributed by atoms with E-state index in [0.717, 1.165) is 11.3 Å². The number of pyridine rings is 1. The SMILES string of the molecule is O=C(Nc1nc(-c2cccnc2)cs1)c1cccc(N2CCCS2(=O)=O)c1. The number of aromatic nitrogens is 2. The molecule has 27 heavy (non-hydrogen) atoms. The third kappa shape index (κ3) is 3.69. The molecule has 0 aliphatic carbocycles. The number of nitrogens with one attached hydrogen (secondary N) is 1. The first-order valence-corrected chi connectivity index (χ1v) is 10.8. The van der Waals surface area contributed by atoms with Gasteiger partial charge in [-0.3, -0.25) is 19.4 Å². The van der Waals surface area contributed by atoms with Crippen molar-refractivity contribution in [1.82, 2.24) is 9.97 Å². The summed E-state index contributed by atoms with van der Waals surface area (Å²) in [5, 5.41) is 5.08. The highest BCUT2D eigenvalue weighted by molar-refractivity contribution is 7.93. The molecule has 1 N–H and O–H groups in total. The fourth-order valence-electron chi connectivity index (χ4n) is 2.88. The van der Waals surface area contributed by atoms with Crippen molar-refractivity contribution in [2.24, 2.45) is 0 Å². The van der Waals surface area contributed by atoms with Crippen LogP contribution in [0.25, 0.3) is 11.3 Å². The van der Waals surface area contributed by atoms with Crippen LogP contribution in [0, 0.1) is 0 Å². The lowest BCUT2D eigenvalue weighted by Crippen LogP contribution is -2.25. The second-order valence-corrected chi connectivity index (χ2v) is 8.90. The van der Waals surface area contributed by atoms with E-state index in [4.69, 9.17) is 0 Å². The average molecular weight is 400 g/mol. The number of carbonyl (C=O) groups excluding carboxylic acids is 1. The average Bonchev–Trinajstić information content (AvgIpc) is 3.28. The molecule has 4 rings (SSSR count). The molecule has 0 spiro atoms. The monoisotopic (exact) mass is 400 g/mol. The van der Waals surface area contributed by atoms with Crippen LogP contribution in [0.3, 0.4) is 0 Å². The lowest BCUT2D eigenvalue weighted by Gasteiger charge is -2.17. The Balaban J connectivity index is 1.52. The third-order valence-electron chi connectivity index (χ3n) is 4.18. The number of sulfonamides is 1. The second kappa shape index (κ2) is 7.09. The molecule has 9 heteroatoms. The summed E-state index contributed by atoms with van der Waals surface area (Å²) < 4.78 is 25.5. The topological polar surface area (TPSA) is 92.3 Å². The molecule has 3 heterocycles. The van der Waals surface area contributed by atoms with Gasteiger partial charge in [0, 0.05) is 35.4 Å². The summed E-state index contributed by atoms with van der Waals surface area (Å²) in [5.74, 6) is -0.194. The summed E-state index contributed by atoms with van der Waals surface area (Å²) in [5.41, 5.74) is 2.50. The summed E-state index contributed by atoms with van der Waals surface area (Å²) >= 11 is 1.32. The molecule has 1 aromatic carbocycles. The first kappa shape index (κ1) is 17.6. The van der Waals surface area contributed by atoms with Crippen LogP contribution in [0.15, 0.2) is 54.2 Å². The van der Waals surface area contributed by atoms with E-state index in [0.29, 0.717) is 29.3 Å². The Bertz CT molecular complexity index is 1080. The molecular weight excluding hydrogens is 384 g/mol. The Morgan fingerprint density at radius 2 is 2.11 bits per heavy atom. The van der Waals surface area contributed by atoms with Crippen LogP contribution in [0.2, 0.25) is 0 Å². The summed E-state index contributed by atoms with van der Waals surface area (Å²) in [6, 6.07) is 10.3. The molecule has 2 aromatic heterocycles. The van der Waals surface area contributed by atoms with Crippen molar-refractivity contribution >= 4 is 38.1 Å². The molecule has 0 radical (unpaired) electrons. The Kier molecular flexibility index (Phi) is 4.63. The van der Waals surface area contributed by atoms with Crippen molar-refractivity contribution in [3.63, 3.8) is 0 Å². The van der Waals surface area contributed by atoms with Crippen LogP contribution < -0.4 is 9.62 Å². The van der Waals surface area contributed by atoms with E-state index < -0.39 is 10.0 Å². The fourth-order valence-corrected chi connectivity index (χ4v) is 5.15. The summed E-state index contributed by atoms with van der Waals surface area (Å²) in [6.07, 6.45) is 3.99. The zero-order chi connectivity index (χ0) is 18.9. The molecule has 1 saturated heterocycles. The van der Waals surface area contributed by atoms with Gasteiger partial charge in [-0.1, -0.05) is 6.07 Å². The van der Waals surface area contributed by atoms with Crippen molar-refractivity contribution < 1.29 is 13.2 Å². The summed E-state index contributed by atoms with van der Waals surface area (Å²) in [4.78, 5) is 21.0. The number of benzene rings is 1. The largest absolute Gasteiger partial charge is 0.298 e. The van der Waals surface area contributed by atoms with Crippen LogP contribution in [-0.4, -0.2) is 36.6 Å². The van der Waals surface area contributed by atoms with Crippen molar-refractivity contribution in [2.75, 3.05) is 21.9 Å². The summed E-state index contributed by atoms with van der Waals surface area (Å²) in [6.45, 7) is 0.439.